The minimum Gasteiger partial charge on any atom is -0.465 e. The van der Waals surface area contributed by atoms with E-state index in [0.29, 0.717) is 19.1 Å². The van der Waals surface area contributed by atoms with Crippen molar-refractivity contribution < 1.29 is 14.3 Å². The van der Waals surface area contributed by atoms with E-state index in [9.17, 15) is 9.59 Å². The molecule has 1 aliphatic heterocycles. The van der Waals surface area contributed by atoms with E-state index in [4.69, 9.17) is 4.74 Å². The summed E-state index contributed by atoms with van der Waals surface area (Å²) < 4.78 is 4.72. The zero-order chi connectivity index (χ0) is 14.1. The van der Waals surface area contributed by atoms with Gasteiger partial charge in [-0.1, -0.05) is 6.92 Å². The van der Waals surface area contributed by atoms with Crippen LogP contribution in [0.15, 0.2) is 0 Å². The van der Waals surface area contributed by atoms with E-state index < -0.39 is 5.97 Å². The van der Waals surface area contributed by atoms with Crippen molar-refractivity contribution >= 4 is 12.0 Å². The number of nitrogens with zero attached hydrogens (tertiary/aromatic N) is 1. The second-order valence-electron chi connectivity index (χ2n) is 4.75. The molecule has 0 spiro atoms. The number of hydrogen-bond acceptors (Lipinski definition) is 4. The molecule has 1 saturated heterocycles. The topological polar surface area (TPSA) is 70.7 Å². The molecule has 1 heterocycles. The Bertz CT molecular complexity index is 289. The van der Waals surface area contributed by atoms with Gasteiger partial charge in [0, 0.05) is 6.54 Å². The van der Waals surface area contributed by atoms with Gasteiger partial charge in [0.15, 0.2) is 0 Å². The van der Waals surface area contributed by atoms with Crippen molar-refractivity contribution in [2.45, 2.75) is 26.7 Å². The molecule has 0 saturated carbocycles. The summed E-state index contributed by atoms with van der Waals surface area (Å²) in [4.78, 5) is 24.9. The van der Waals surface area contributed by atoms with Gasteiger partial charge in [-0.3, -0.25) is 4.79 Å². The van der Waals surface area contributed by atoms with Crippen molar-refractivity contribution in [2.24, 2.45) is 5.92 Å². The zero-order valence-corrected chi connectivity index (χ0v) is 11.9. The van der Waals surface area contributed by atoms with Crippen LogP contribution in [-0.2, 0) is 9.53 Å². The SMILES string of the molecule is CCOC(=O)CNC(=O)NCC1CCN(CC)CC1. The van der Waals surface area contributed by atoms with E-state index in [0.717, 1.165) is 32.5 Å². The van der Waals surface area contributed by atoms with Crippen molar-refractivity contribution in [3.05, 3.63) is 0 Å². The predicted octanol–water partition coefficient (Wildman–Crippen LogP) is 0.581. The maximum atomic E-state index is 11.5. The third-order valence-electron chi connectivity index (χ3n) is 3.40. The molecule has 19 heavy (non-hydrogen) atoms. The van der Waals surface area contributed by atoms with E-state index in [2.05, 4.69) is 22.5 Å². The van der Waals surface area contributed by atoms with Gasteiger partial charge in [0.1, 0.15) is 6.54 Å². The molecular weight excluding hydrogens is 246 g/mol. The molecule has 1 aliphatic rings. The summed E-state index contributed by atoms with van der Waals surface area (Å²) in [6.07, 6.45) is 2.23. The highest BCUT2D eigenvalue weighted by atomic mass is 16.5. The molecule has 0 bridgehead atoms. The zero-order valence-electron chi connectivity index (χ0n) is 11.9. The number of esters is 1. The van der Waals surface area contributed by atoms with Crippen LogP contribution < -0.4 is 10.6 Å². The maximum absolute atomic E-state index is 11.5. The highest BCUT2D eigenvalue weighted by Crippen LogP contribution is 2.15. The summed E-state index contributed by atoms with van der Waals surface area (Å²) in [5.41, 5.74) is 0. The fraction of sp³-hybridized carbons (Fsp3) is 0.846. The Labute approximate surface area is 114 Å². The van der Waals surface area contributed by atoms with Gasteiger partial charge in [-0.2, -0.15) is 0 Å². The number of nitrogens with one attached hydrogen (secondary N) is 2. The van der Waals surface area contributed by atoms with E-state index in [1.54, 1.807) is 6.92 Å². The summed E-state index contributed by atoms with van der Waals surface area (Å²) in [5, 5.41) is 5.30. The molecule has 2 N–H and O–H groups in total. The molecular formula is C13H25N3O3. The molecule has 6 heteroatoms. The first kappa shape index (κ1) is 15.8. The lowest BCUT2D eigenvalue weighted by Crippen LogP contribution is -2.43. The number of hydrogen-bond donors (Lipinski definition) is 2. The molecule has 0 aliphatic carbocycles. The molecule has 0 aromatic carbocycles. The van der Waals surface area contributed by atoms with Crippen molar-refractivity contribution in [3.8, 4) is 0 Å². The van der Waals surface area contributed by atoms with E-state index in [1.165, 1.54) is 0 Å². The first-order valence-electron chi connectivity index (χ1n) is 7.05. The summed E-state index contributed by atoms with van der Waals surface area (Å²) in [7, 11) is 0. The molecule has 2 amide bonds. The Kier molecular flexibility index (Phi) is 7.25. The molecule has 110 valence electrons. The predicted molar refractivity (Wildman–Crippen MR) is 72.9 cm³/mol. The molecule has 0 unspecified atom stereocenters. The molecule has 0 atom stereocenters. The number of amides is 2. The third kappa shape index (κ3) is 6.42. The fourth-order valence-electron chi connectivity index (χ4n) is 2.17. The monoisotopic (exact) mass is 271 g/mol. The highest BCUT2D eigenvalue weighted by molar-refractivity contribution is 5.80. The van der Waals surface area contributed by atoms with Crippen molar-refractivity contribution in [2.75, 3.05) is 39.3 Å². The normalized spacial score (nSPS) is 16.9. The molecule has 0 aromatic rings. The second kappa shape index (κ2) is 8.74. The molecule has 1 rings (SSSR count). The average molecular weight is 271 g/mol. The van der Waals surface area contributed by atoms with Crippen LogP contribution in [-0.4, -0.2) is 56.2 Å². The first-order valence-corrected chi connectivity index (χ1v) is 7.05. The molecule has 1 fully saturated rings. The highest BCUT2D eigenvalue weighted by Gasteiger charge is 2.18. The lowest BCUT2D eigenvalue weighted by atomic mass is 9.97. The largest absolute Gasteiger partial charge is 0.465 e. The fourth-order valence-corrected chi connectivity index (χ4v) is 2.17. The molecule has 0 radical (unpaired) electrons. The van der Waals surface area contributed by atoms with Crippen molar-refractivity contribution in [1.29, 1.82) is 0 Å². The van der Waals surface area contributed by atoms with Gasteiger partial charge >= 0.3 is 12.0 Å². The lowest BCUT2D eigenvalue weighted by Gasteiger charge is -2.30. The molecule has 6 nitrogen and oxygen atoms in total. The maximum Gasteiger partial charge on any atom is 0.325 e. The van der Waals surface area contributed by atoms with Crippen molar-refractivity contribution in [3.63, 3.8) is 0 Å². The smallest absolute Gasteiger partial charge is 0.325 e. The number of piperidine rings is 1. The Morgan fingerprint density at radius 1 is 1.21 bits per heavy atom. The minimum atomic E-state index is -0.408. The van der Waals surface area contributed by atoms with Gasteiger partial charge in [-0.05, 0) is 45.3 Å². The van der Waals surface area contributed by atoms with E-state index in [-0.39, 0.29) is 12.6 Å². The van der Waals surface area contributed by atoms with Gasteiger partial charge in [-0.25, -0.2) is 4.79 Å². The van der Waals surface area contributed by atoms with Gasteiger partial charge in [0.2, 0.25) is 0 Å². The average Bonchev–Trinajstić information content (AvgIpc) is 2.44. The van der Waals surface area contributed by atoms with Crippen molar-refractivity contribution in [1.82, 2.24) is 15.5 Å². The van der Waals surface area contributed by atoms with Gasteiger partial charge < -0.3 is 20.3 Å². The number of rotatable bonds is 6. The Hall–Kier alpha value is -1.30. The van der Waals surface area contributed by atoms with Crippen LogP contribution in [0.1, 0.15) is 26.7 Å². The number of urea groups is 1. The standard InChI is InChI=1S/C13H25N3O3/c1-3-16-7-5-11(6-8-16)9-14-13(18)15-10-12(17)19-4-2/h11H,3-10H2,1-2H3,(H2,14,15,18). The van der Waals surface area contributed by atoms with Gasteiger partial charge in [0.25, 0.3) is 0 Å². The van der Waals surface area contributed by atoms with Crippen LogP contribution >= 0.6 is 0 Å². The van der Waals surface area contributed by atoms with Crippen LogP contribution in [0.2, 0.25) is 0 Å². The third-order valence-corrected chi connectivity index (χ3v) is 3.40. The van der Waals surface area contributed by atoms with Gasteiger partial charge in [0.05, 0.1) is 6.61 Å². The number of carbonyl (C=O) groups is 2. The minimum absolute atomic E-state index is 0.0754. The summed E-state index contributed by atoms with van der Waals surface area (Å²) in [5.74, 6) is 0.130. The summed E-state index contributed by atoms with van der Waals surface area (Å²) >= 11 is 0. The van der Waals surface area contributed by atoms with Gasteiger partial charge in [-0.15, -0.1) is 0 Å². The Morgan fingerprint density at radius 3 is 2.47 bits per heavy atom. The lowest BCUT2D eigenvalue weighted by molar-refractivity contribution is -0.141. The number of likely N-dealkylation sites (tertiary alicyclic amines) is 1. The van der Waals surface area contributed by atoms with E-state index >= 15 is 0 Å². The van der Waals surface area contributed by atoms with E-state index in [1.807, 2.05) is 0 Å². The molecule has 0 aromatic heterocycles. The van der Waals surface area contributed by atoms with Crippen LogP contribution in [0.3, 0.4) is 0 Å². The van der Waals surface area contributed by atoms with Crippen LogP contribution in [0, 0.1) is 5.92 Å². The summed E-state index contributed by atoms with van der Waals surface area (Å²) in [6.45, 7) is 8.14. The number of ether oxygens (including phenoxy) is 1. The second-order valence-corrected chi connectivity index (χ2v) is 4.75. The summed E-state index contributed by atoms with van der Waals surface area (Å²) in [6, 6.07) is -0.300. The van der Waals surface area contributed by atoms with Crippen LogP contribution in [0.4, 0.5) is 4.79 Å². The Morgan fingerprint density at radius 2 is 1.89 bits per heavy atom. The first-order chi connectivity index (χ1) is 9.15. The Balaban J connectivity index is 2.08. The van der Waals surface area contributed by atoms with Crippen LogP contribution in [0.25, 0.3) is 0 Å². The van der Waals surface area contributed by atoms with Crippen LogP contribution in [0.5, 0.6) is 0 Å². The number of carbonyl (C=O) groups excluding carboxylic acids is 2. The quantitative estimate of drug-likeness (QED) is 0.693.